The zero-order chi connectivity index (χ0) is 9.68. The van der Waals surface area contributed by atoms with Gasteiger partial charge < -0.3 is 15.0 Å². The van der Waals surface area contributed by atoms with Crippen LogP contribution in [0.1, 0.15) is 12.8 Å². The van der Waals surface area contributed by atoms with Gasteiger partial charge in [-0.15, -0.1) is 12.4 Å². The van der Waals surface area contributed by atoms with E-state index in [-0.39, 0.29) is 18.3 Å². The molecule has 0 unspecified atom stereocenters. The first-order valence-electron chi connectivity index (χ1n) is 4.71. The van der Waals surface area contributed by atoms with Gasteiger partial charge >= 0.3 is 0 Å². The van der Waals surface area contributed by atoms with Crippen LogP contribution in [-0.4, -0.2) is 50.7 Å². The van der Waals surface area contributed by atoms with Crippen LogP contribution in [-0.2, 0) is 9.53 Å². The van der Waals surface area contributed by atoms with Crippen molar-refractivity contribution in [2.24, 2.45) is 0 Å². The van der Waals surface area contributed by atoms with Crippen molar-refractivity contribution in [3.05, 3.63) is 0 Å². The quantitative estimate of drug-likeness (QED) is 0.742. The summed E-state index contributed by atoms with van der Waals surface area (Å²) in [4.78, 5) is 13.3. The zero-order valence-corrected chi connectivity index (χ0v) is 9.60. The van der Waals surface area contributed by atoms with Crippen molar-refractivity contribution in [1.82, 2.24) is 10.2 Å². The summed E-state index contributed by atoms with van der Waals surface area (Å²) in [6, 6.07) is 0.379. The van der Waals surface area contributed by atoms with Gasteiger partial charge in [-0.1, -0.05) is 0 Å². The number of nitrogens with zero attached hydrogens (tertiary/aromatic N) is 1. The Hall–Kier alpha value is -0.320. The highest BCUT2D eigenvalue weighted by Crippen LogP contribution is 2.07. The van der Waals surface area contributed by atoms with Crippen molar-refractivity contribution < 1.29 is 9.53 Å². The van der Waals surface area contributed by atoms with Crippen LogP contribution in [0.4, 0.5) is 0 Å². The summed E-state index contributed by atoms with van der Waals surface area (Å²) >= 11 is 0. The van der Waals surface area contributed by atoms with Gasteiger partial charge in [0.1, 0.15) is 0 Å². The second-order valence-corrected chi connectivity index (χ2v) is 3.39. The molecule has 1 rings (SSSR count). The van der Waals surface area contributed by atoms with E-state index in [0.717, 1.165) is 19.5 Å². The number of nitrogens with one attached hydrogen (secondary N) is 1. The average Bonchev–Trinajstić information content (AvgIpc) is 2.65. The highest BCUT2D eigenvalue weighted by atomic mass is 35.5. The second kappa shape index (κ2) is 7.04. The van der Waals surface area contributed by atoms with Crippen molar-refractivity contribution in [2.75, 3.05) is 33.9 Å². The van der Waals surface area contributed by atoms with Crippen LogP contribution in [0.25, 0.3) is 0 Å². The summed E-state index contributed by atoms with van der Waals surface area (Å²) in [5, 5.41) is 3.24. The topological polar surface area (TPSA) is 41.6 Å². The van der Waals surface area contributed by atoms with Crippen LogP contribution in [0.2, 0.25) is 0 Å². The van der Waals surface area contributed by atoms with E-state index in [1.807, 2.05) is 11.9 Å². The van der Waals surface area contributed by atoms with E-state index in [4.69, 9.17) is 4.74 Å². The van der Waals surface area contributed by atoms with Crippen LogP contribution in [0.15, 0.2) is 0 Å². The Morgan fingerprint density at radius 1 is 1.64 bits per heavy atom. The Labute approximate surface area is 91.4 Å². The van der Waals surface area contributed by atoms with Crippen molar-refractivity contribution in [1.29, 1.82) is 0 Å². The highest BCUT2D eigenvalue weighted by molar-refractivity contribution is 5.85. The normalized spacial score (nSPS) is 20.3. The first-order chi connectivity index (χ1) is 6.25. The van der Waals surface area contributed by atoms with Gasteiger partial charge in [0.15, 0.2) is 0 Å². The standard InChI is InChI=1S/C9H18N2O2.ClH/c1-11(8-3-5-10-7-8)9(12)4-6-13-2;/h8,10H,3-7H2,1-2H3;1H/t8-;/m0./s1. The molecule has 1 amide bonds. The Bertz CT molecular complexity index is 172. The number of amides is 1. The lowest BCUT2D eigenvalue weighted by Gasteiger charge is -2.23. The maximum atomic E-state index is 11.5. The fourth-order valence-corrected chi connectivity index (χ4v) is 1.54. The molecule has 0 spiro atoms. The molecular formula is C9H19ClN2O2. The average molecular weight is 223 g/mol. The number of ether oxygens (including phenoxy) is 1. The Kier molecular flexibility index (Phi) is 6.87. The van der Waals surface area contributed by atoms with E-state index < -0.39 is 0 Å². The number of hydrogen-bond acceptors (Lipinski definition) is 3. The van der Waals surface area contributed by atoms with Gasteiger partial charge in [0.25, 0.3) is 0 Å². The van der Waals surface area contributed by atoms with Crippen molar-refractivity contribution in [2.45, 2.75) is 18.9 Å². The third-order valence-electron chi connectivity index (χ3n) is 2.50. The predicted octanol–water partition coefficient (Wildman–Crippen LogP) is 0.265. The monoisotopic (exact) mass is 222 g/mol. The molecule has 1 aliphatic heterocycles. The minimum absolute atomic E-state index is 0. The lowest BCUT2D eigenvalue weighted by atomic mass is 10.2. The lowest BCUT2D eigenvalue weighted by molar-refractivity contribution is -0.132. The molecule has 1 fully saturated rings. The van der Waals surface area contributed by atoms with Gasteiger partial charge in [0, 0.05) is 26.7 Å². The molecule has 84 valence electrons. The molecule has 0 aromatic heterocycles. The summed E-state index contributed by atoms with van der Waals surface area (Å²) in [6.45, 7) is 2.46. The van der Waals surface area contributed by atoms with Crippen LogP contribution in [0.5, 0.6) is 0 Å². The summed E-state index contributed by atoms with van der Waals surface area (Å²) in [5.74, 6) is 0.176. The molecule has 1 heterocycles. The summed E-state index contributed by atoms with van der Waals surface area (Å²) < 4.78 is 4.86. The number of hydrogen-bond donors (Lipinski definition) is 1. The minimum atomic E-state index is 0. The van der Waals surface area contributed by atoms with E-state index in [1.165, 1.54) is 0 Å². The molecule has 1 N–H and O–H groups in total. The predicted molar refractivity (Wildman–Crippen MR) is 57.8 cm³/mol. The van der Waals surface area contributed by atoms with Crippen molar-refractivity contribution in [3.63, 3.8) is 0 Å². The van der Waals surface area contributed by atoms with E-state index in [1.54, 1.807) is 7.11 Å². The van der Waals surface area contributed by atoms with Crippen LogP contribution in [0.3, 0.4) is 0 Å². The molecule has 0 aromatic carbocycles. The molecule has 4 nitrogen and oxygen atoms in total. The zero-order valence-electron chi connectivity index (χ0n) is 8.78. The largest absolute Gasteiger partial charge is 0.384 e. The first kappa shape index (κ1) is 13.7. The maximum absolute atomic E-state index is 11.5. The third kappa shape index (κ3) is 3.82. The number of carbonyl (C=O) groups excluding carboxylic acids is 1. The molecule has 0 bridgehead atoms. The SMILES string of the molecule is COCCC(=O)N(C)[C@H]1CCNC1.Cl. The molecule has 5 heteroatoms. The van der Waals surface area contributed by atoms with E-state index in [2.05, 4.69) is 5.32 Å². The van der Waals surface area contributed by atoms with Gasteiger partial charge in [0.2, 0.25) is 5.91 Å². The Morgan fingerprint density at radius 3 is 2.86 bits per heavy atom. The van der Waals surface area contributed by atoms with Gasteiger partial charge in [-0.05, 0) is 13.0 Å². The molecule has 1 aliphatic rings. The number of likely N-dealkylation sites (N-methyl/N-ethyl adjacent to an activating group) is 1. The lowest BCUT2D eigenvalue weighted by Crippen LogP contribution is -2.38. The van der Waals surface area contributed by atoms with Gasteiger partial charge in [-0.3, -0.25) is 4.79 Å². The third-order valence-corrected chi connectivity index (χ3v) is 2.50. The summed E-state index contributed by atoms with van der Waals surface area (Å²) in [6.07, 6.45) is 1.55. The number of carbonyl (C=O) groups is 1. The molecule has 1 atom stereocenters. The minimum Gasteiger partial charge on any atom is -0.384 e. The van der Waals surface area contributed by atoms with E-state index >= 15 is 0 Å². The van der Waals surface area contributed by atoms with Gasteiger partial charge in [-0.25, -0.2) is 0 Å². The van der Waals surface area contributed by atoms with Crippen LogP contribution < -0.4 is 5.32 Å². The second-order valence-electron chi connectivity index (χ2n) is 3.39. The molecule has 0 radical (unpaired) electrons. The number of halogens is 1. The van der Waals surface area contributed by atoms with Crippen molar-refractivity contribution in [3.8, 4) is 0 Å². The fraction of sp³-hybridized carbons (Fsp3) is 0.889. The molecule has 0 aliphatic carbocycles. The van der Waals surface area contributed by atoms with Crippen LogP contribution in [0, 0.1) is 0 Å². The molecule has 0 saturated carbocycles. The molecule has 1 saturated heterocycles. The first-order valence-corrected chi connectivity index (χ1v) is 4.71. The van der Waals surface area contributed by atoms with Gasteiger partial charge in [0.05, 0.1) is 13.0 Å². The van der Waals surface area contributed by atoms with Crippen LogP contribution >= 0.6 is 12.4 Å². The summed E-state index contributed by atoms with van der Waals surface area (Å²) in [7, 11) is 3.49. The van der Waals surface area contributed by atoms with Crippen molar-refractivity contribution >= 4 is 18.3 Å². The van der Waals surface area contributed by atoms with Gasteiger partial charge in [-0.2, -0.15) is 0 Å². The molecule has 0 aromatic rings. The summed E-state index contributed by atoms with van der Waals surface area (Å²) in [5.41, 5.74) is 0. The Balaban J connectivity index is 0.00000169. The highest BCUT2D eigenvalue weighted by Gasteiger charge is 2.22. The smallest absolute Gasteiger partial charge is 0.224 e. The molecule has 14 heavy (non-hydrogen) atoms. The fourth-order valence-electron chi connectivity index (χ4n) is 1.54. The number of rotatable bonds is 4. The molecular weight excluding hydrogens is 204 g/mol. The maximum Gasteiger partial charge on any atom is 0.224 e. The number of methoxy groups -OCH3 is 1. The van der Waals surface area contributed by atoms with E-state index in [9.17, 15) is 4.79 Å². The van der Waals surface area contributed by atoms with E-state index in [0.29, 0.717) is 19.1 Å². The Morgan fingerprint density at radius 2 is 2.36 bits per heavy atom.